The molecular formula is C12H20N4OS. The zero-order chi connectivity index (χ0) is 13.1. The van der Waals surface area contributed by atoms with Crippen LogP contribution in [-0.2, 0) is 0 Å². The van der Waals surface area contributed by atoms with Gasteiger partial charge < -0.3 is 16.8 Å². The average Bonchev–Trinajstić information content (AvgIpc) is 2.70. The molecule has 1 aromatic heterocycles. The lowest BCUT2D eigenvalue weighted by Gasteiger charge is -2.29. The number of carbonyl (C=O) groups is 1. The Kier molecular flexibility index (Phi) is 4.06. The Morgan fingerprint density at radius 3 is 3.00 bits per heavy atom. The fourth-order valence-corrected chi connectivity index (χ4v) is 3.41. The molecule has 0 radical (unpaired) electrons. The van der Waals surface area contributed by atoms with E-state index < -0.39 is 5.91 Å². The molecule has 2 unspecified atom stereocenters. The van der Waals surface area contributed by atoms with Crippen molar-refractivity contribution in [2.24, 2.45) is 11.7 Å². The number of hydrogen-bond acceptors (Lipinski definition) is 5. The molecule has 6 heteroatoms. The summed E-state index contributed by atoms with van der Waals surface area (Å²) in [5, 5.41) is 4.11. The van der Waals surface area contributed by atoms with Crippen molar-refractivity contribution in [3.05, 3.63) is 5.56 Å². The Balaban J connectivity index is 2.07. The fraction of sp³-hybridized carbons (Fsp3) is 0.667. The number of aromatic nitrogens is 1. The van der Waals surface area contributed by atoms with Crippen LogP contribution in [0.5, 0.6) is 0 Å². The number of hydrogen-bond donors (Lipinski definition) is 3. The first kappa shape index (κ1) is 13.1. The molecule has 1 saturated carbocycles. The van der Waals surface area contributed by atoms with Crippen molar-refractivity contribution < 1.29 is 4.79 Å². The van der Waals surface area contributed by atoms with Crippen LogP contribution in [0.3, 0.4) is 0 Å². The zero-order valence-electron chi connectivity index (χ0n) is 10.6. The highest BCUT2D eigenvalue weighted by Crippen LogP contribution is 2.32. The Bertz CT molecular complexity index is 432. The molecule has 1 aliphatic rings. The molecule has 1 fully saturated rings. The summed E-state index contributed by atoms with van der Waals surface area (Å²) in [4.78, 5) is 11.3. The summed E-state index contributed by atoms with van der Waals surface area (Å²) in [6.45, 7) is 2.23. The van der Waals surface area contributed by atoms with Gasteiger partial charge in [0.15, 0.2) is 5.82 Å². The first-order valence-electron chi connectivity index (χ1n) is 6.43. The molecule has 1 aliphatic carbocycles. The van der Waals surface area contributed by atoms with E-state index in [9.17, 15) is 4.79 Å². The van der Waals surface area contributed by atoms with Gasteiger partial charge in [0.1, 0.15) is 10.6 Å². The first-order chi connectivity index (χ1) is 8.61. The molecular weight excluding hydrogens is 248 g/mol. The van der Waals surface area contributed by atoms with Gasteiger partial charge in [-0.05, 0) is 30.3 Å². The Morgan fingerprint density at radius 1 is 1.56 bits per heavy atom. The van der Waals surface area contributed by atoms with Crippen LogP contribution in [0.4, 0.5) is 10.8 Å². The number of nitrogens with one attached hydrogen (secondary N) is 1. The van der Waals surface area contributed by atoms with Gasteiger partial charge in [0.05, 0.1) is 0 Å². The van der Waals surface area contributed by atoms with E-state index in [4.69, 9.17) is 11.5 Å². The summed E-state index contributed by atoms with van der Waals surface area (Å²) in [7, 11) is 0. The second-order valence-corrected chi connectivity index (χ2v) is 5.69. The minimum Gasteiger partial charge on any atom is -0.382 e. The standard InChI is InChI=1S/C12H20N4OS/c1-2-7-4-3-5-8(6-7)15-12-9(11(14)17)10(13)16-18-12/h7-8,15H,2-6H2,1H3,(H2,13,16)(H2,14,17). The van der Waals surface area contributed by atoms with E-state index in [0.29, 0.717) is 11.6 Å². The number of carbonyl (C=O) groups excluding carboxylic acids is 1. The van der Waals surface area contributed by atoms with E-state index in [1.165, 1.54) is 30.8 Å². The molecule has 1 heterocycles. The van der Waals surface area contributed by atoms with Gasteiger partial charge in [0.2, 0.25) is 0 Å². The molecule has 0 saturated heterocycles. The molecule has 0 bridgehead atoms. The first-order valence-corrected chi connectivity index (χ1v) is 7.20. The molecule has 0 aromatic carbocycles. The second-order valence-electron chi connectivity index (χ2n) is 4.92. The van der Waals surface area contributed by atoms with Crippen molar-refractivity contribution in [2.45, 2.75) is 45.1 Å². The van der Waals surface area contributed by atoms with Crippen LogP contribution >= 0.6 is 11.5 Å². The average molecular weight is 268 g/mol. The molecule has 18 heavy (non-hydrogen) atoms. The minimum atomic E-state index is -0.508. The molecule has 2 atom stereocenters. The molecule has 5 nitrogen and oxygen atoms in total. The van der Waals surface area contributed by atoms with E-state index in [-0.39, 0.29) is 5.82 Å². The predicted octanol–water partition coefficient (Wildman–Crippen LogP) is 2.20. The summed E-state index contributed by atoms with van der Waals surface area (Å²) in [5.41, 5.74) is 11.3. The highest BCUT2D eigenvalue weighted by Gasteiger charge is 2.24. The number of amides is 1. The third-order valence-electron chi connectivity index (χ3n) is 3.66. The van der Waals surface area contributed by atoms with Gasteiger partial charge >= 0.3 is 0 Å². The van der Waals surface area contributed by atoms with Gasteiger partial charge in [-0.15, -0.1) is 0 Å². The molecule has 0 aliphatic heterocycles. The largest absolute Gasteiger partial charge is 0.382 e. The number of anilines is 2. The maximum Gasteiger partial charge on any atom is 0.255 e. The van der Waals surface area contributed by atoms with Crippen molar-refractivity contribution in [1.82, 2.24) is 4.37 Å². The number of nitrogens with zero attached hydrogens (tertiary/aromatic N) is 1. The number of nitrogen functional groups attached to an aromatic ring is 1. The van der Waals surface area contributed by atoms with E-state index in [0.717, 1.165) is 23.8 Å². The monoisotopic (exact) mass is 268 g/mol. The molecule has 0 spiro atoms. The fourth-order valence-electron chi connectivity index (χ4n) is 2.62. The molecule has 2 rings (SSSR count). The summed E-state index contributed by atoms with van der Waals surface area (Å²) < 4.78 is 4.00. The van der Waals surface area contributed by atoms with Crippen LogP contribution in [0, 0.1) is 5.92 Å². The number of rotatable bonds is 4. The topological polar surface area (TPSA) is 94.0 Å². The predicted molar refractivity (Wildman–Crippen MR) is 74.7 cm³/mol. The molecule has 1 aromatic rings. The molecule has 100 valence electrons. The number of primary amides is 1. The van der Waals surface area contributed by atoms with Gasteiger partial charge in [0, 0.05) is 6.04 Å². The Morgan fingerprint density at radius 2 is 2.33 bits per heavy atom. The van der Waals surface area contributed by atoms with E-state index in [1.807, 2.05) is 0 Å². The molecule has 1 amide bonds. The lowest BCUT2D eigenvalue weighted by molar-refractivity contribution is 0.100. The van der Waals surface area contributed by atoms with Gasteiger partial charge in [-0.25, -0.2) is 0 Å². The van der Waals surface area contributed by atoms with Crippen LogP contribution in [0.1, 0.15) is 49.4 Å². The number of nitrogens with two attached hydrogens (primary N) is 2. The van der Waals surface area contributed by atoms with Crippen molar-refractivity contribution >= 4 is 28.3 Å². The maximum absolute atomic E-state index is 11.3. The van der Waals surface area contributed by atoms with Gasteiger partial charge in [-0.3, -0.25) is 4.79 Å². The highest BCUT2D eigenvalue weighted by atomic mass is 32.1. The van der Waals surface area contributed by atoms with E-state index >= 15 is 0 Å². The van der Waals surface area contributed by atoms with Crippen molar-refractivity contribution in [3.63, 3.8) is 0 Å². The second kappa shape index (κ2) is 5.56. The molecule has 5 N–H and O–H groups in total. The summed E-state index contributed by atoms with van der Waals surface area (Å²) >= 11 is 1.22. The zero-order valence-corrected chi connectivity index (χ0v) is 11.4. The van der Waals surface area contributed by atoms with Gasteiger partial charge in [0.25, 0.3) is 5.91 Å². The van der Waals surface area contributed by atoms with E-state index in [1.54, 1.807) is 0 Å². The lowest BCUT2D eigenvalue weighted by Crippen LogP contribution is -2.27. The van der Waals surface area contributed by atoms with Crippen LogP contribution in [0.2, 0.25) is 0 Å². The normalized spacial score (nSPS) is 23.8. The summed E-state index contributed by atoms with van der Waals surface area (Å²) in [5.74, 6) is 0.503. The SMILES string of the molecule is CCC1CCCC(Nc2snc(N)c2C(N)=O)C1. The maximum atomic E-state index is 11.3. The lowest BCUT2D eigenvalue weighted by atomic mass is 9.84. The minimum absolute atomic E-state index is 0.234. The van der Waals surface area contributed by atoms with Gasteiger partial charge in [-0.1, -0.05) is 26.2 Å². The third kappa shape index (κ3) is 2.75. The Hall–Kier alpha value is -1.30. The van der Waals surface area contributed by atoms with Crippen LogP contribution in [0.25, 0.3) is 0 Å². The van der Waals surface area contributed by atoms with Crippen LogP contribution in [-0.4, -0.2) is 16.3 Å². The summed E-state index contributed by atoms with van der Waals surface area (Å²) in [6.07, 6.45) is 6.03. The van der Waals surface area contributed by atoms with Crippen molar-refractivity contribution in [3.8, 4) is 0 Å². The quantitative estimate of drug-likeness (QED) is 0.780. The summed E-state index contributed by atoms with van der Waals surface area (Å²) in [6, 6.07) is 0.404. The third-order valence-corrected chi connectivity index (χ3v) is 4.45. The Labute approximate surface area is 111 Å². The van der Waals surface area contributed by atoms with Crippen molar-refractivity contribution in [1.29, 1.82) is 0 Å². The van der Waals surface area contributed by atoms with Crippen molar-refractivity contribution in [2.75, 3.05) is 11.1 Å². The van der Waals surface area contributed by atoms with Crippen LogP contribution < -0.4 is 16.8 Å². The van der Waals surface area contributed by atoms with Gasteiger partial charge in [-0.2, -0.15) is 4.37 Å². The van der Waals surface area contributed by atoms with Crippen LogP contribution in [0.15, 0.2) is 0 Å². The highest BCUT2D eigenvalue weighted by molar-refractivity contribution is 7.11. The van der Waals surface area contributed by atoms with E-state index in [2.05, 4.69) is 16.6 Å². The smallest absolute Gasteiger partial charge is 0.255 e.